The van der Waals surface area contributed by atoms with Gasteiger partial charge in [0.05, 0.1) is 10.0 Å². The summed E-state index contributed by atoms with van der Waals surface area (Å²) in [4.78, 5) is 11.5. The molecule has 1 rings (SSSR count). The standard InChI is InChI=1S/C11H12BrClFNO4S2/c1-6(20(2)17)5-15-11(16)8-3-7(14)4-9(10(8)12)21(13,18)19/h3-4,6H,5H2,1-2H3,(H,15,16). The van der Waals surface area contributed by atoms with Crippen LogP contribution < -0.4 is 5.32 Å². The van der Waals surface area contributed by atoms with Crippen molar-refractivity contribution in [2.24, 2.45) is 0 Å². The van der Waals surface area contributed by atoms with E-state index in [2.05, 4.69) is 21.2 Å². The van der Waals surface area contributed by atoms with Gasteiger partial charge in [-0.05, 0) is 35.0 Å². The molecule has 0 bridgehead atoms. The SMILES string of the molecule is CC(CNC(=O)c1cc(F)cc(S(=O)(=O)Cl)c1Br)S(C)=O. The third-order valence-electron chi connectivity index (χ3n) is 2.63. The minimum atomic E-state index is -4.20. The Morgan fingerprint density at radius 3 is 2.57 bits per heavy atom. The van der Waals surface area contributed by atoms with E-state index >= 15 is 0 Å². The minimum Gasteiger partial charge on any atom is -0.351 e. The van der Waals surface area contributed by atoms with Crippen LogP contribution in [0.5, 0.6) is 0 Å². The Morgan fingerprint density at radius 2 is 2.10 bits per heavy atom. The average molecular weight is 421 g/mol. The summed E-state index contributed by atoms with van der Waals surface area (Å²) in [7, 11) is -0.144. The summed E-state index contributed by atoms with van der Waals surface area (Å²) in [5.74, 6) is -1.60. The van der Waals surface area contributed by atoms with Gasteiger partial charge in [0.25, 0.3) is 15.0 Å². The molecule has 2 unspecified atom stereocenters. The first-order valence-corrected chi connectivity index (χ1v) is 10.3. The van der Waals surface area contributed by atoms with Crippen LogP contribution in [0.3, 0.4) is 0 Å². The second kappa shape index (κ2) is 7.17. The van der Waals surface area contributed by atoms with E-state index in [4.69, 9.17) is 10.7 Å². The van der Waals surface area contributed by atoms with Crippen molar-refractivity contribution in [1.29, 1.82) is 0 Å². The lowest BCUT2D eigenvalue weighted by molar-refractivity contribution is 0.0952. The van der Waals surface area contributed by atoms with Gasteiger partial charge in [0.2, 0.25) is 0 Å². The van der Waals surface area contributed by atoms with Crippen LogP contribution in [-0.2, 0) is 19.9 Å². The minimum absolute atomic E-state index is 0.105. The Morgan fingerprint density at radius 1 is 1.52 bits per heavy atom. The molecule has 118 valence electrons. The average Bonchev–Trinajstić information content (AvgIpc) is 2.36. The molecule has 2 atom stereocenters. The molecule has 0 saturated carbocycles. The molecule has 5 nitrogen and oxygen atoms in total. The number of carbonyl (C=O) groups is 1. The van der Waals surface area contributed by atoms with Crippen molar-refractivity contribution in [2.45, 2.75) is 17.1 Å². The van der Waals surface area contributed by atoms with Crippen LogP contribution in [0.2, 0.25) is 0 Å². The molecule has 0 aliphatic heterocycles. The molecule has 0 aromatic heterocycles. The first kappa shape index (κ1) is 18.5. The van der Waals surface area contributed by atoms with Crippen molar-refractivity contribution < 1.29 is 21.8 Å². The molecule has 0 fully saturated rings. The number of hydrogen-bond donors (Lipinski definition) is 1. The third kappa shape index (κ3) is 5.01. The number of hydrogen-bond acceptors (Lipinski definition) is 4. The molecule has 0 aliphatic carbocycles. The molecular weight excluding hydrogens is 409 g/mol. The van der Waals surface area contributed by atoms with Crippen LogP contribution >= 0.6 is 26.6 Å². The quantitative estimate of drug-likeness (QED) is 0.739. The van der Waals surface area contributed by atoms with Gasteiger partial charge in [-0.25, -0.2) is 12.8 Å². The Hall–Kier alpha value is -0.510. The van der Waals surface area contributed by atoms with Gasteiger partial charge in [0.1, 0.15) is 10.7 Å². The molecule has 21 heavy (non-hydrogen) atoms. The summed E-state index contributed by atoms with van der Waals surface area (Å²) in [6, 6.07) is 1.60. The molecule has 1 N–H and O–H groups in total. The van der Waals surface area contributed by atoms with E-state index in [9.17, 15) is 21.8 Å². The van der Waals surface area contributed by atoms with Crippen LogP contribution in [0.25, 0.3) is 0 Å². The van der Waals surface area contributed by atoms with Gasteiger partial charge in [0.15, 0.2) is 0 Å². The number of amides is 1. The predicted molar refractivity (Wildman–Crippen MR) is 83.0 cm³/mol. The van der Waals surface area contributed by atoms with Crippen molar-refractivity contribution >= 4 is 52.4 Å². The predicted octanol–water partition coefficient (Wildman–Crippen LogP) is 2.01. The summed E-state index contributed by atoms with van der Waals surface area (Å²) in [5.41, 5.74) is -0.205. The lowest BCUT2D eigenvalue weighted by Gasteiger charge is -2.12. The van der Waals surface area contributed by atoms with E-state index in [1.165, 1.54) is 6.26 Å². The first-order chi connectivity index (χ1) is 9.54. The monoisotopic (exact) mass is 419 g/mol. The Kier molecular flexibility index (Phi) is 6.33. The zero-order valence-corrected chi connectivity index (χ0v) is 15.0. The molecule has 0 spiro atoms. The van der Waals surface area contributed by atoms with Crippen LogP contribution in [0, 0.1) is 5.82 Å². The summed E-state index contributed by atoms with van der Waals surface area (Å²) >= 11 is 2.94. The smallest absolute Gasteiger partial charge is 0.262 e. The molecule has 0 saturated heterocycles. The topological polar surface area (TPSA) is 80.3 Å². The number of carbonyl (C=O) groups excluding carboxylic acids is 1. The molecule has 1 amide bonds. The Balaban J connectivity index is 3.11. The van der Waals surface area contributed by atoms with E-state index in [-0.39, 0.29) is 21.8 Å². The molecular formula is C11H12BrClFNO4S2. The molecule has 1 aromatic rings. The Bertz CT molecular complexity index is 696. The van der Waals surface area contributed by atoms with Crippen molar-refractivity contribution in [3.8, 4) is 0 Å². The van der Waals surface area contributed by atoms with Crippen LogP contribution in [0.1, 0.15) is 17.3 Å². The highest BCUT2D eigenvalue weighted by atomic mass is 79.9. The van der Waals surface area contributed by atoms with Gasteiger partial charge in [-0.2, -0.15) is 0 Å². The number of halogens is 3. The van der Waals surface area contributed by atoms with Gasteiger partial charge >= 0.3 is 0 Å². The second-order valence-electron chi connectivity index (χ2n) is 4.22. The summed E-state index contributed by atoms with van der Waals surface area (Å²) in [6.45, 7) is 1.78. The van der Waals surface area contributed by atoms with Crippen LogP contribution in [0.4, 0.5) is 4.39 Å². The summed E-state index contributed by atoms with van der Waals surface area (Å²) in [5, 5.41) is 2.17. The highest BCUT2D eigenvalue weighted by Gasteiger charge is 2.22. The molecule has 0 aliphatic rings. The van der Waals surface area contributed by atoms with E-state index < -0.39 is 36.5 Å². The molecule has 10 heteroatoms. The second-order valence-corrected chi connectivity index (χ2v) is 9.35. The highest BCUT2D eigenvalue weighted by Crippen LogP contribution is 2.29. The normalized spacial score (nSPS) is 14.5. The van der Waals surface area contributed by atoms with Gasteiger partial charge in [-0.15, -0.1) is 0 Å². The zero-order valence-electron chi connectivity index (χ0n) is 11.0. The van der Waals surface area contributed by atoms with E-state index in [0.717, 1.165) is 6.07 Å². The maximum absolute atomic E-state index is 13.5. The number of rotatable bonds is 5. The fourth-order valence-corrected chi connectivity index (χ4v) is 3.94. The van der Waals surface area contributed by atoms with Crippen LogP contribution in [0.15, 0.2) is 21.5 Å². The first-order valence-electron chi connectivity index (χ1n) is 5.58. The largest absolute Gasteiger partial charge is 0.351 e. The third-order valence-corrected chi connectivity index (χ3v) is 6.39. The Labute approximate surface area is 137 Å². The van der Waals surface area contributed by atoms with Crippen molar-refractivity contribution in [2.75, 3.05) is 12.8 Å². The molecule has 0 heterocycles. The van der Waals surface area contributed by atoms with Gasteiger partial charge in [0, 0.05) is 39.5 Å². The van der Waals surface area contributed by atoms with Crippen LogP contribution in [-0.4, -0.2) is 36.6 Å². The van der Waals surface area contributed by atoms with Crippen molar-refractivity contribution in [1.82, 2.24) is 5.32 Å². The fourth-order valence-electron chi connectivity index (χ4n) is 1.36. The summed E-state index contributed by atoms with van der Waals surface area (Å²) in [6.07, 6.45) is 1.49. The maximum Gasteiger partial charge on any atom is 0.262 e. The lowest BCUT2D eigenvalue weighted by Crippen LogP contribution is -2.33. The highest BCUT2D eigenvalue weighted by molar-refractivity contribution is 9.10. The van der Waals surface area contributed by atoms with Gasteiger partial charge < -0.3 is 5.32 Å². The lowest BCUT2D eigenvalue weighted by atomic mass is 10.2. The van der Waals surface area contributed by atoms with Gasteiger partial charge in [-0.1, -0.05) is 0 Å². The van der Waals surface area contributed by atoms with E-state index in [1.807, 2.05) is 0 Å². The fraction of sp³-hybridized carbons (Fsp3) is 0.364. The number of benzene rings is 1. The van der Waals surface area contributed by atoms with Crippen molar-refractivity contribution in [3.63, 3.8) is 0 Å². The molecule has 1 aromatic carbocycles. The number of nitrogens with one attached hydrogen (secondary N) is 1. The maximum atomic E-state index is 13.5. The van der Waals surface area contributed by atoms with Gasteiger partial charge in [-0.3, -0.25) is 9.00 Å². The van der Waals surface area contributed by atoms with E-state index in [0.29, 0.717) is 6.07 Å². The zero-order chi connectivity index (χ0) is 16.4. The summed E-state index contributed by atoms with van der Waals surface area (Å²) < 4.78 is 47.2. The van der Waals surface area contributed by atoms with Crippen molar-refractivity contribution in [3.05, 3.63) is 28.0 Å². The molecule has 0 radical (unpaired) electrons. The van der Waals surface area contributed by atoms with E-state index in [1.54, 1.807) is 6.92 Å².